The molecule has 2 aliphatic carbocycles. The van der Waals surface area contributed by atoms with Gasteiger partial charge in [0.25, 0.3) is 5.91 Å². The van der Waals surface area contributed by atoms with Crippen molar-refractivity contribution in [2.45, 2.75) is 6.42 Å². The lowest BCUT2D eigenvalue weighted by Gasteiger charge is -2.17. The molecule has 0 unspecified atom stereocenters. The Kier molecular flexibility index (Phi) is 5.20. The van der Waals surface area contributed by atoms with Crippen LogP contribution in [0.2, 0.25) is 0 Å². The van der Waals surface area contributed by atoms with Gasteiger partial charge in [0.1, 0.15) is 5.75 Å². The number of nitrogens with one attached hydrogen (secondary N) is 1. The third-order valence-corrected chi connectivity index (χ3v) is 6.54. The van der Waals surface area contributed by atoms with Crippen LogP contribution in [0.3, 0.4) is 0 Å². The number of rotatable bonds is 6. The van der Waals surface area contributed by atoms with Crippen molar-refractivity contribution in [1.82, 2.24) is 0 Å². The predicted octanol–water partition coefficient (Wildman–Crippen LogP) is 2.80. The standard InChI is InChI=1S/C25H22N2O6/c1-32-19-10-6-17(7-11-19)26-20(28)13-33-25(31)14-4-8-18(9-5-14)27-23(29)21-15-2-3-16(12-15)22(21)24(27)30/h2-11,15-16,21-22H,12-13H2,1H3,(H,26,28)/t15-,16-,21-,22+/m0/s1. The zero-order chi connectivity index (χ0) is 23.1. The molecule has 0 aromatic heterocycles. The normalized spacial score (nSPS) is 24.7. The number of methoxy groups -OCH3 is 1. The van der Waals surface area contributed by atoms with Crippen LogP contribution < -0.4 is 15.0 Å². The molecule has 3 aliphatic rings. The quantitative estimate of drug-likeness (QED) is 0.416. The summed E-state index contributed by atoms with van der Waals surface area (Å²) in [6.07, 6.45) is 4.96. The summed E-state index contributed by atoms with van der Waals surface area (Å²) < 4.78 is 10.1. The minimum Gasteiger partial charge on any atom is -0.497 e. The zero-order valence-corrected chi connectivity index (χ0v) is 17.9. The van der Waals surface area contributed by atoms with E-state index in [1.165, 1.54) is 17.0 Å². The first kappa shape index (κ1) is 20.9. The van der Waals surface area contributed by atoms with Gasteiger partial charge in [-0.2, -0.15) is 0 Å². The number of nitrogens with zero attached hydrogens (tertiary/aromatic N) is 1. The molecule has 33 heavy (non-hydrogen) atoms. The van der Waals surface area contributed by atoms with Crippen molar-refractivity contribution in [3.8, 4) is 5.75 Å². The van der Waals surface area contributed by atoms with Gasteiger partial charge in [-0.1, -0.05) is 12.2 Å². The molecule has 8 heteroatoms. The van der Waals surface area contributed by atoms with Crippen molar-refractivity contribution in [2.75, 3.05) is 23.9 Å². The number of benzene rings is 2. The molecule has 1 aliphatic heterocycles. The molecule has 5 rings (SSSR count). The van der Waals surface area contributed by atoms with Gasteiger partial charge in [-0.05, 0) is 66.8 Å². The molecule has 1 heterocycles. The van der Waals surface area contributed by atoms with E-state index in [2.05, 4.69) is 5.32 Å². The average molecular weight is 446 g/mol. The second-order valence-electron chi connectivity index (χ2n) is 8.41. The predicted molar refractivity (Wildman–Crippen MR) is 119 cm³/mol. The Morgan fingerprint density at radius 2 is 1.55 bits per heavy atom. The third-order valence-electron chi connectivity index (χ3n) is 6.54. The second kappa shape index (κ2) is 8.20. The van der Waals surface area contributed by atoms with Gasteiger partial charge >= 0.3 is 5.97 Å². The van der Waals surface area contributed by atoms with E-state index < -0.39 is 18.5 Å². The van der Waals surface area contributed by atoms with Crippen LogP contribution in [0.25, 0.3) is 0 Å². The minimum atomic E-state index is -0.676. The molecule has 0 spiro atoms. The number of carbonyl (C=O) groups is 4. The molecule has 2 fully saturated rings. The van der Waals surface area contributed by atoms with E-state index in [1.807, 2.05) is 12.2 Å². The first-order valence-corrected chi connectivity index (χ1v) is 10.7. The van der Waals surface area contributed by atoms with Gasteiger partial charge in [-0.15, -0.1) is 0 Å². The summed E-state index contributed by atoms with van der Waals surface area (Å²) in [5.41, 5.74) is 1.21. The van der Waals surface area contributed by atoms with Crippen molar-refractivity contribution < 1.29 is 28.7 Å². The van der Waals surface area contributed by atoms with E-state index in [-0.39, 0.29) is 41.0 Å². The van der Waals surface area contributed by atoms with Crippen molar-refractivity contribution >= 4 is 35.1 Å². The monoisotopic (exact) mass is 446 g/mol. The van der Waals surface area contributed by atoms with E-state index in [4.69, 9.17) is 9.47 Å². The Morgan fingerprint density at radius 3 is 2.12 bits per heavy atom. The van der Waals surface area contributed by atoms with Crippen LogP contribution in [0.1, 0.15) is 16.8 Å². The van der Waals surface area contributed by atoms with E-state index >= 15 is 0 Å². The Bertz CT molecular complexity index is 1120. The van der Waals surface area contributed by atoms with E-state index in [0.717, 1.165) is 6.42 Å². The number of carbonyl (C=O) groups excluding carboxylic acids is 4. The lowest BCUT2D eigenvalue weighted by atomic mass is 9.85. The Hall–Kier alpha value is -3.94. The fourth-order valence-corrected chi connectivity index (χ4v) is 4.99. The van der Waals surface area contributed by atoms with E-state index in [0.29, 0.717) is 17.1 Å². The van der Waals surface area contributed by atoms with Crippen molar-refractivity contribution in [2.24, 2.45) is 23.7 Å². The molecule has 1 N–H and O–H groups in total. The average Bonchev–Trinajstić information content (AvgIpc) is 3.52. The lowest BCUT2D eigenvalue weighted by molar-refractivity contribution is -0.123. The maximum atomic E-state index is 12.9. The van der Waals surface area contributed by atoms with Crippen LogP contribution >= 0.6 is 0 Å². The Labute approximate surface area is 190 Å². The fourth-order valence-electron chi connectivity index (χ4n) is 4.99. The van der Waals surface area contributed by atoms with Gasteiger partial charge in [0.05, 0.1) is 30.2 Å². The summed E-state index contributed by atoms with van der Waals surface area (Å²) in [5, 5.41) is 2.63. The highest BCUT2D eigenvalue weighted by molar-refractivity contribution is 6.22. The van der Waals surface area contributed by atoms with Crippen LogP contribution in [-0.4, -0.2) is 37.4 Å². The highest BCUT2D eigenvalue weighted by atomic mass is 16.5. The van der Waals surface area contributed by atoms with Gasteiger partial charge < -0.3 is 14.8 Å². The molecule has 4 atom stereocenters. The molecule has 168 valence electrons. The largest absolute Gasteiger partial charge is 0.497 e. The highest BCUT2D eigenvalue weighted by Gasteiger charge is 2.59. The van der Waals surface area contributed by atoms with Crippen LogP contribution in [0.4, 0.5) is 11.4 Å². The van der Waals surface area contributed by atoms with E-state index in [9.17, 15) is 19.2 Å². The summed E-state index contributed by atoms with van der Waals surface area (Å²) in [6, 6.07) is 12.8. The Balaban J connectivity index is 1.18. The number of amides is 3. The van der Waals surface area contributed by atoms with Crippen molar-refractivity contribution in [3.63, 3.8) is 0 Å². The maximum Gasteiger partial charge on any atom is 0.338 e. The second-order valence-corrected chi connectivity index (χ2v) is 8.41. The fraction of sp³-hybridized carbons (Fsp3) is 0.280. The third kappa shape index (κ3) is 3.67. The molecule has 2 aromatic carbocycles. The summed E-state index contributed by atoms with van der Waals surface area (Å²) in [6.45, 7) is -0.450. The number of imide groups is 1. The smallest absolute Gasteiger partial charge is 0.338 e. The van der Waals surface area contributed by atoms with Crippen molar-refractivity contribution in [1.29, 1.82) is 0 Å². The number of fused-ring (bicyclic) bond motifs is 5. The molecular weight excluding hydrogens is 424 g/mol. The number of allylic oxidation sites excluding steroid dienone is 2. The molecule has 2 aromatic rings. The summed E-state index contributed by atoms with van der Waals surface area (Å²) in [4.78, 5) is 51.4. The van der Waals surface area contributed by atoms with Gasteiger partial charge in [0.2, 0.25) is 11.8 Å². The summed E-state index contributed by atoms with van der Waals surface area (Å²) >= 11 is 0. The molecule has 8 nitrogen and oxygen atoms in total. The molecule has 1 saturated heterocycles. The lowest BCUT2D eigenvalue weighted by Crippen LogP contribution is -2.32. The van der Waals surface area contributed by atoms with Crippen LogP contribution in [-0.2, 0) is 19.1 Å². The summed E-state index contributed by atoms with van der Waals surface area (Å²) in [5.74, 6) is -1.12. The van der Waals surface area contributed by atoms with Gasteiger partial charge in [-0.3, -0.25) is 19.3 Å². The first-order valence-electron chi connectivity index (χ1n) is 10.7. The molecule has 2 bridgehead atoms. The number of ether oxygens (including phenoxy) is 2. The topological polar surface area (TPSA) is 102 Å². The molecule has 0 radical (unpaired) electrons. The Morgan fingerprint density at radius 1 is 0.939 bits per heavy atom. The number of hydrogen-bond acceptors (Lipinski definition) is 6. The minimum absolute atomic E-state index is 0.139. The van der Waals surface area contributed by atoms with Crippen LogP contribution in [0, 0.1) is 23.7 Å². The first-order chi connectivity index (χ1) is 16.0. The van der Waals surface area contributed by atoms with Crippen LogP contribution in [0.5, 0.6) is 5.75 Å². The number of hydrogen-bond donors (Lipinski definition) is 1. The van der Waals surface area contributed by atoms with Crippen LogP contribution in [0.15, 0.2) is 60.7 Å². The number of anilines is 2. The molecular formula is C25H22N2O6. The van der Waals surface area contributed by atoms with Gasteiger partial charge in [0, 0.05) is 5.69 Å². The molecule has 3 amide bonds. The van der Waals surface area contributed by atoms with Gasteiger partial charge in [-0.25, -0.2) is 4.79 Å². The highest BCUT2D eigenvalue weighted by Crippen LogP contribution is 2.53. The van der Waals surface area contributed by atoms with Crippen molar-refractivity contribution in [3.05, 3.63) is 66.2 Å². The van der Waals surface area contributed by atoms with E-state index in [1.54, 1.807) is 43.5 Å². The number of esters is 1. The van der Waals surface area contributed by atoms with Gasteiger partial charge in [0.15, 0.2) is 6.61 Å². The summed E-state index contributed by atoms with van der Waals surface area (Å²) in [7, 11) is 1.55. The zero-order valence-electron chi connectivity index (χ0n) is 17.9. The SMILES string of the molecule is COc1ccc(NC(=O)COC(=O)c2ccc(N3C(=O)[C@@H]4[C@H](C3=O)[C@H]3C=C[C@H]4C3)cc2)cc1. The maximum absolute atomic E-state index is 12.9. The molecule has 1 saturated carbocycles.